The van der Waals surface area contributed by atoms with Crippen LogP contribution in [0.3, 0.4) is 0 Å². The average Bonchev–Trinajstić information content (AvgIpc) is 3.06. The predicted molar refractivity (Wildman–Crippen MR) is 96.1 cm³/mol. The normalized spacial score (nSPS) is 11.0. The second-order valence-corrected chi connectivity index (χ2v) is 5.93. The highest BCUT2D eigenvalue weighted by Crippen LogP contribution is 2.29. The molecule has 0 radical (unpaired) electrons. The van der Waals surface area contributed by atoms with Crippen molar-refractivity contribution in [1.29, 1.82) is 0 Å². The largest absolute Gasteiger partial charge is 0.365 e. The quantitative estimate of drug-likeness (QED) is 0.611. The van der Waals surface area contributed by atoms with Crippen LogP contribution in [0.2, 0.25) is 0 Å². The number of rotatable bonds is 4. The topological polar surface area (TPSA) is 76.7 Å². The number of aromatic nitrogens is 4. The summed E-state index contributed by atoms with van der Waals surface area (Å²) in [6.45, 7) is 4.44. The van der Waals surface area contributed by atoms with Crippen molar-refractivity contribution in [1.82, 2.24) is 20.1 Å². The third-order valence-corrected chi connectivity index (χ3v) is 3.92. The number of pyridine rings is 2. The van der Waals surface area contributed by atoms with E-state index in [-0.39, 0.29) is 0 Å². The van der Waals surface area contributed by atoms with Gasteiger partial charge in [0.1, 0.15) is 5.82 Å². The lowest BCUT2D eigenvalue weighted by atomic mass is 10.1. The van der Waals surface area contributed by atoms with Gasteiger partial charge in [-0.2, -0.15) is 4.98 Å². The van der Waals surface area contributed by atoms with Crippen molar-refractivity contribution in [3.05, 3.63) is 65.8 Å². The van der Waals surface area contributed by atoms with Crippen molar-refractivity contribution in [2.24, 2.45) is 0 Å². The van der Waals surface area contributed by atoms with Crippen LogP contribution in [0.4, 0.5) is 5.82 Å². The summed E-state index contributed by atoms with van der Waals surface area (Å²) in [5.74, 6) is 1.78. The highest BCUT2D eigenvalue weighted by molar-refractivity contribution is 5.88. The molecule has 0 bridgehead atoms. The minimum absolute atomic E-state index is 0.525. The second-order valence-electron chi connectivity index (χ2n) is 5.93. The molecule has 3 aromatic heterocycles. The lowest BCUT2D eigenvalue weighted by molar-refractivity contribution is 0.394. The molecule has 4 aromatic rings. The number of anilines is 1. The predicted octanol–water partition coefficient (Wildman–Crippen LogP) is 3.91. The van der Waals surface area contributed by atoms with Crippen LogP contribution in [0.1, 0.15) is 17.0 Å². The van der Waals surface area contributed by atoms with Crippen LogP contribution in [0, 0.1) is 13.8 Å². The molecule has 3 heterocycles. The molecule has 0 saturated heterocycles. The Bertz CT molecular complexity index is 1030. The molecule has 4 rings (SSSR count). The zero-order valence-corrected chi connectivity index (χ0v) is 14.0. The van der Waals surface area contributed by atoms with Gasteiger partial charge in [-0.3, -0.25) is 4.98 Å². The van der Waals surface area contributed by atoms with E-state index in [0.717, 1.165) is 27.8 Å². The second kappa shape index (κ2) is 6.32. The van der Waals surface area contributed by atoms with E-state index >= 15 is 0 Å². The molecule has 0 unspecified atom stereocenters. The van der Waals surface area contributed by atoms with E-state index in [2.05, 4.69) is 45.6 Å². The molecule has 0 aliphatic rings. The lowest BCUT2D eigenvalue weighted by Crippen LogP contribution is -2.04. The molecular weight excluding hydrogens is 314 g/mol. The Labute approximate surface area is 144 Å². The maximum Gasteiger partial charge on any atom is 0.223 e. The standard InChI is InChI=1S/C19H17N5O/c1-12-5-6-15-9-16(19-22-13(2)25-24-19)18(23-17(15)8-12)21-11-14-4-3-7-20-10-14/h3-10H,11H2,1-2H3,(H,21,23). The number of nitrogens with one attached hydrogen (secondary N) is 1. The van der Waals surface area contributed by atoms with Crippen molar-refractivity contribution in [2.45, 2.75) is 20.4 Å². The third kappa shape index (κ3) is 3.19. The fraction of sp³-hybridized carbons (Fsp3) is 0.158. The van der Waals surface area contributed by atoms with Crippen molar-refractivity contribution < 1.29 is 4.52 Å². The molecule has 6 nitrogen and oxygen atoms in total. The SMILES string of the molecule is Cc1ccc2cc(-c3noc(C)n3)c(NCc3cccnc3)nc2c1. The Kier molecular flexibility index (Phi) is 3.85. The van der Waals surface area contributed by atoms with E-state index in [1.807, 2.05) is 24.4 Å². The maximum atomic E-state index is 5.14. The summed E-state index contributed by atoms with van der Waals surface area (Å²) >= 11 is 0. The Morgan fingerprint density at radius 3 is 2.76 bits per heavy atom. The lowest BCUT2D eigenvalue weighted by Gasteiger charge is -2.11. The molecule has 6 heteroatoms. The van der Waals surface area contributed by atoms with E-state index in [0.29, 0.717) is 18.3 Å². The van der Waals surface area contributed by atoms with E-state index in [4.69, 9.17) is 9.51 Å². The number of hydrogen-bond donors (Lipinski definition) is 1. The zero-order valence-electron chi connectivity index (χ0n) is 14.0. The molecule has 124 valence electrons. The van der Waals surface area contributed by atoms with Crippen LogP contribution in [0.15, 0.2) is 53.3 Å². The minimum Gasteiger partial charge on any atom is -0.365 e. The molecule has 0 fully saturated rings. The van der Waals surface area contributed by atoms with Gasteiger partial charge in [-0.15, -0.1) is 0 Å². The van der Waals surface area contributed by atoms with Gasteiger partial charge in [-0.05, 0) is 36.2 Å². The number of benzene rings is 1. The molecular formula is C19H17N5O. The monoisotopic (exact) mass is 331 g/mol. The van der Waals surface area contributed by atoms with Crippen LogP contribution < -0.4 is 5.32 Å². The summed E-state index contributed by atoms with van der Waals surface area (Å²) in [6, 6.07) is 12.2. The van der Waals surface area contributed by atoms with Crippen molar-refractivity contribution in [2.75, 3.05) is 5.32 Å². The Morgan fingerprint density at radius 2 is 2.00 bits per heavy atom. The summed E-state index contributed by atoms with van der Waals surface area (Å²) in [6.07, 6.45) is 3.59. The number of aryl methyl sites for hydroxylation is 2. The molecule has 0 amide bonds. The van der Waals surface area contributed by atoms with Crippen LogP contribution in [-0.2, 0) is 6.54 Å². The zero-order chi connectivity index (χ0) is 17.2. The number of nitrogens with zero attached hydrogens (tertiary/aromatic N) is 4. The van der Waals surface area contributed by atoms with Gasteiger partial charge < -0.3 is 9.84 Å². The first kappa shape index (κ1) is 15.3. The summed E-state index contributed by atoms with van der Waals surface area (Å²) in [4.78, 5) is 13.3. The van der Waals surface area contributed by atoms with Gasteiger partial charge in [0.15, 0.2) is 0 Å². The van der Waals surface area contributed by atoms with Crippen LogP contribution in [0.5, 0.6) is 0 Å². The molecule has 0 spiro atoms. The van der Waals surface area contributed by atoms with Gasteiger partial charge in [-0.1, -0.05) is 23.4 Å². The minimum atomic E-state index is 0.525. The van der Waals surface area contributed by atoms with Crippen LogP contribution in [-0.4, -0.2) is 20.1 Å². The molecule has 1 N–H and O–H groups in total. The van der Waals surface area contributed by atoms with E-state index in [1.165, 1.54) is 5.56 Å². The van der Waals surface area contributed by atoms with Crippen LogP contribution in [0.25, 0.3) is 22.3 Å². The summed E-state index contributed by atoms with van der Waals surface area (Å²) in [5.41, 5.74) is 3.99. The molecule has 0 aliphatic heterocycles. The number of fused-ring (bicyclic) bond motifs is 1. The summed E-state index contributed by atoms with van der Waals surface area (Å²) in [7, 11) is 0. The van der Waals surface area contributed by atoms with Crippen molar-refractivity contribution in [3.8, 4) is 11.4 Å². The number of hydrogen-bond acceptors (Lipinski definition) is 6. The molecule has 0 atom stereocenters. The first-order valence-corrected chi connectivity index (χ1v) is 8.04. The fourth-order valence-electron chi connectivity index (χ4n) is 2.68. The Morgan fingerprint density at radius 1 is 1.08 bits per heavy atom. The summed E-state index contributed by atoms with van der Waals surface area (Å²) < 4.78 is 5.14. The first-order valence-electron chi connectivity index (χ1n) is 8.04. The summed E-state index contributed by atoms with van der Waals surface area (Å²) in [5, 5.41) is 8.46. The molecule has 0 saturated carbocycles. The van der Waals surface area contributed by atoms with Gasteiger partial charge >= 0.3 is 0 Å². The van der Waals surface area contributed by atoms with Gasteiger partial charge in [0.05, 0.1) is 11.1 Å². The highest BCUT2D eigenvalue weighted by atomic mass is 16.5. The van der Waals surface area contributed by atoms with Gasteiger partial charge in [0.2, 0.25) is 11.7 Å². The van der Waals surface area contributed by atoms with Crippen molar-refractivity contribution in [3.63, 3.8) is 0 Å². The van der Waals surface area contributed by atoms with Crippen molar-refractivity contribution >= 4 is 16.7 Å². The molecule has 0 aliphatic carbocycles. The fourth-order valence-corrected chi connectivity index (χ4v) is 2.68. The van der Waals surface area contributed by atoms with E-state index < -0.39 is 0 Å². The molecule has 25 heavy (non-hydrogen) atoms. The van der Waals surface area contributed by atoms with Gasteiger partial charge in [-0.25, -0.2) is 4.98 Å². The Hall–Kier alpha value is -3.28. The smallest absolute Gasteiger partial charge is 0.223 e. The van der Waals surface area contributed by atoms with Crippen LogP contribution >= 0.6 is 0 Å². The first-order chi connectivity index (χ1) is 12.2. The average molecular weight is 331 g/mol. The van der Waals surface area contributed by atoms with E-state index in [9.17, 15) is 0 Å². The third-order valence-electron chi connectivity index (χ3n) is 3.92. The maximum absolute atomic E-state index is 5.14. The Balaban J connectivity index is 1.78. The molecule has 1 aromatic carbocycles. The van der Waals surface area contributed by atoms with Gasteiger partial charge in [0.25, 0.3) is 0 Å². The highest BCUT2D eigenvalue weighted by Gasteiger charge is 2.14. The van der Waals surface area contributed by atoms with E-state index in [1.54, 1.807) is 13.1 Å². The van der Waals surface area contributed by atoms with Gasteiger partial charge in [0, 0.05) is 31.2 Å².